The number of hydrogen-bond donors (Lipinski definition) is 1. The number of nitrogens with one attached hydrogen (secondary N) is 1. The van der Waals surface area contributed by atoms with E-state index in [1.54, 1.807) is 27.5 Å². The Kier molecular flexibility index (Phi) is 5.27. The van der Waals surface area contributed by atoms with E-state index in [2.05, 4.69) is 26.2 Å². The Labute approximate surface area is 132 Å². The zero-order chi connectivity index (χ0) is 15.2. The molecule has 1 N–H and O–H groups in total. The molecular weight excluding hydrogens is 336 g/mol. The molecule has 21 heavy (non-hydrogen) atoms. The van der Waals surface area contributed by atoms with E-state index >= 15 is 0 Å². The van der Waals surface area contributed by atoms with Crippen molar-refractivity contribution in [2.24, 2.45) is 0 Å². The summed E-state index contributed by atoms with van der Waals surface area (Å²) in [6.07, 6.45) is 1.73. The summed E-state index contributed by atoms with van der Waals surface area (Å²) >= 11 is 3.54. The number of methoxy groups -OCH3 is 3. The summed E-state index contributed by atoms with van der Waals surface area (Å²) in [5.74, 6) is 1.98. The third-order valence-corrected chi connectivity index (χ3v) is 3.72. The van der Waals surface area contributed by atoms with Gasteiger partial charge in [0.15, 0.2) is 11.5 Å². The molecule has 0 aliphatic rings. The van der Waals surface area contributed by atoms with Crippen LogP contribution >= 0.6 is 15.9 Å². The van der Waals surface area contributed by atoms with E-state index in [9.17, 15) is 0 Å². The fourth-order valence-electron chi connectivity index (χ4n) is 1.83. The predicted molar refractivity (Wildman–Crippen MR) is 85.4 cm³/mol. The van der Waals surface area contributed by atoms with Crippen LogP contribution in [-0.2, 0) is 6.54 Å². The monoisotopic (exact) mass is 352 g/mol. The molecule has 0 radical (unpaired) electrons. The van der Waals surface area contributed by atoms with E-state index in [1.165, 1.54) is 0 Å². The highest BCUT2D eigenvalue weighted by Gasteiger charge is 2.09. The third kappa shape index (κ3) is 3.78. The molecule has 1 heterocycles. The number of rotatable bonds is 6. The van der Waals surface area contributed by atoms with Crippen LogP contribution in [0.3, 0.4) is 0 Å². The van der Waals surface area contributed by atoms with Crippen molar-refractivity contribution in [1.29, 1.82) is 0 Å². The summed E-state index contributed by atoms with van der Waals surface area (Å²) in [5.41, 5.74) is 1.97. The lowest BCUT2D eigenvalue weighted by Gasteiger charge is -2.13. The van der Waals surface area contributed by atoms with Crippen molar-refractivity contribution in [3.8, 4) is 17.4 Å². The molecule has 1 aromatic carbocycles. The lowest BCUT2D eigenvalue weighted by molar-refractivity contribution is 0.354. The van der Waals surface area contributed by atoms with Crippen molar-refractivity contribution in [2.45, 2.75) is 6.54 Å². The SMILES string of the molecule is COc1ccc(NCc2cc(OC)c(OC)cc2Br)cn1. The molecule has 5 nitrogen and oxygen atoms in total. The number of pyridine rings is 1. The molecule has 0 spiro atoms. The van der Waals surface area contributed by atoms with Crippen molar-refractivity contribution < 1.29 is 14.2 Å². The van der Waals surface area contributed by atoms with Gasteiger partial charge in [0, 0.05) is 17.1 Å². The van der Waals surface area contributed by atoms with Crippen LogP contribution in [0.2, 0.25) is 0 Å². The molecule has 6 heteroatoms. The van der Waals surface area contributed by atoms with Crippen molar-refractivity contribution in [1.82, 2.24) is 4.98 Å². The summed E-state index contributed by atoms with van der Waals surface area (Å²) in [6.45, 7) is 0.634. The number of aromatic nitrogens is 1. The lowest BCUT2D eigenvalue weighted by Crippen LogP contribution is -2.02. The number of ether oxygens (including phenoxy) is 3. The van der Waals surface area contributed by atoms with Crippen LogP contribution in [-0.4, -0.2) is 26.3 Å². The predicted octanol–water partition coefficient (Wildman–Crippen LogP) is 3.48. The second-order valence-electron chi connectivity index (χ2n) is 4.24. The molecule has 0 aliphatic carbocycles. The maximum atomic E-state index is 5.31. The second-order valence-corrected chi connectivity index (χ2v) is 5.10. The molecule has 0 saturated carbocycles. The Bertz CT molecular complexity index is 603. The van der Waals surface area contributed by atoms with Gasteiger partial charge < -0.3 is 19.5 Å². The van der Waals surface area contributed by atoms with Crippen LogP contribution in [0, 0.1) is 0 Å². The third-order valence-electron chi connectivity index (χ3n) is 2.98. The molecule has 0 bridgehead atoms. The van der Waals surface area contributed by atoms with Gasteiger partial charge >= 0.3 is 0 Å². The van der Waals surface area contributed by atoms with Gasteiger partial charge in [-0.3, -0.25) is 0 Å². The topological polar surface area (TPSA) is 52.6 Å². The molecule has 0 aliphatic heterocycles. The van der Waals surface area contributed by atoms with Gasteiger partial charge in [-0.05, 0) is 23.8 Å². The standard InChI is InChI=1S/C15H17BrN2O3/c1-19-13-6-10(12(16)7-14(13)20-2)8-17-11-4-5-15(21-3)18-9-11/h4-7,9,17H,8H2,1-3H3. The quantitative estimate of drug-likeness (QED) is 0.862. The highest BCUT2D eigenvalue weighted by atomic mass is 79.9. The Balaban J connectivity index is 2.11. The smallest absolute Gasteiger partial charge is 0.213 e. The van der Waals surface area contributed by atoms with Gasteiger partial charge in [0.1, 0.15) is 0 Å². The maximum absolute atomic E-state index is 5.31. The van der Waals surface area contributed by atoms with Crippen molar-refractivity contribution in [2.75, 3.05) is 26.6 Å². The minimum absolute atomic E-state index is 0.591. The van der Waals surface area contributed by atoms with Crippen LogP contribution in [0.4, 0.5) is 5.69 Å². The van der Waals surface area contributed by atoms with E-state index in [4.69, 9.17) is 14.2 Å². The van der Waals surface area contributed by atoms with Crippen molar-refractivity contribution in [3.05, 3.63) is 40.5 Å². The number of anilines is 1. The van der Waals surface area contributed by atoms with Gasteiger partial charge in [-0.2, -0.15) is 0 Å². The van der Waals surface area contributed by atoms with E-state index < -0.39 is 0 Å². The summed E-state index contributed by atoms with van der Waals surface area (Å²) < 4.78 is 16.6. The molecule has 0 saturated heterocycles. The van der Waals surface area contributed by atoms with Gasteiger partial charge in [-0.25, -0.2) is 4.98 Å². The molecule has 0 amide bonds. The Morgan fingerprint density at radius 1 is 1.05 bits per heavy atom. The first-order valence-corrected chi connectivity index (χ1v) is 7.11. The van der Waals surface area contributed by atoms with E-state index in [1.807, 2.05) is 24.3 Å². The van der Waals surface area contributed by atoms with Crippen LogP contribution < -0.4 is 19.5 Å². The van der Waals surface area contributed by atoms with Crippen LogP contribution in [0.1, 0.15) is 5.56 Å². The lowest BCUT2D eigenvalue weighted by atomic mass is 10.2. The molecular formula is C15H17BrN2O3. The maximum Gasteiger partial charge on any atom is 0.213 e. The van der Waals surface area contributed by atoms with Gasteiger partial charge in [-0.15, -0.1) is 0 Å². The Morgan fingerprint density at radius 2 is 1.76 bits per heavy atom. The second kappa shape index (κ2) is 7.17. The zero-order valence-corrected chi connectivity index (χ0v) is 13.7. The summed E-state index contributed by atoms with van der Waals surface area (Å²) in [4.78, 5) is 4.15. The summed E-state index contributed by atoms with van der Waals surface area (Å²) in [7, 11) is 4.83. The minimum Gasteiger partial charge on any atom is -0.493 e. The van der Waals surface area contributed by atoms with E-state index in [0.717, 1.165) is 15.7 Å². The summed E-state index contributed by atoms with van der Waals surface area (Å²) in [6, 6.07) is 7.56. The average Bonchev–Trinajstić information content (AvgIpc) is 2.53. The van der Waals surface area contributed by atoms with Gasteiger partial charge in [-0.1, -0.05) is 15.9 Å². The molecule has 0 unspecified atom stereocenters. The molecule has 2 rings (SSSR count). The van der Waals surface area contributed by atoms with Crippen LogP contribution in [0.15, 0.2) is 34.9 Å². The fourth-order valence-corrected chi connectivity index (χ4v) is 2.30. The number of hydrogen-bond acceptors (Lipinski definition) is 5. The van der Waals surface area contributed by atoms with Gasteiger partial charge in [0.2, 0.25) is 5.88 Å². The molecule has 0 atom stereocenters. The van der Waals surface area contributed by atoms with Crippen molar-refractivity contribution >= 4 is 21.6 Å². The molecule has 1 aromatic heterocycles. The highest BCUT2D eigenvalue weighted by Crippen LogP contribution is 2.33. The van der Waals surface area contributed by atoms with Crippen LogP contribution in [0.5, 0.6) is 17.4 Å². The Morgan fingerprint density at radius 3 is 2.33 bits per heavy atom. The van der Waals surface area contributed by atoms with Crippen LogP contribution in [0.25, 0.3) is 0 Å². The minimum atomic E-state index is 0.591. The van der Waals surface area contributed by atoms with E-state index in [-0.39, 0.29) is 0 Å². The Hall–Kier alpha value is -1.95. The molecule has 2 aromatic rings. The van der Waals surface area contributed by atoms with Gasteiger partial charge in [0.05, 0.1) is 33.2 Å². The number of nitrogens with zero attached hydrogens (tertiary/aromatic N) is 1. The molecule has 112 valence electrons. The highest BCUT2D eigenvalue weighted by molar-refractivity contribution is 9.10. The first kappa shape index (κ1) is 15.4. The normalized spacial score (nSPS) is 10.1. The van der Waals surface area contributed by atoms with Gasteiger partial charge in [0.25, 0.3) is 0 Å². The zero-order valence-electron chi connectivity index (χ0n) is 12.1. The first-order chi connectivity index (χ1) is 10.2. The summed E-state index contributed by atoms with van der Waals surface area (Å²) in [5, 5.41) is 3.30. The van der Waals surface area contributed by atoms with E-state index in [0.29, 0.717) is 23.9 Å². The fraction of sp³-hybridized carbons (Fsp3) is 0.267. The number of halogens is 1. The largest absolute Gasteiger partial charge is 0.493 e. The average molecular weight is 353 g/mol. The van der Waals surface area contributed by atoms with Crippen molar-refractivity contribution in [3.63, 3.8) is 0 Å². The first-order valence-electron chi connectivity index (χ1n) is 6.32. The number of benzene rings is 1. The molecule has 0 fully saturated rings.